The predicted octanol–water partition coefficient (Wildman–Crippen LogP) is 1.73. The number of anilines is 1. The van der Waals surface area contributed by atoms with Gasteiger partial charge in [-0.15, -0.1) is 0 Å². The SMILES string of the molecule is O=C(CN1CCNCC1)Nc1ccc(Cl)c2cccnc12. The topological polar surface area (TPSA) is 57.3 Å². The molecule has 2 heterocycles. The summed E-state index contributed by atoms with van der Waals surface area (Å²) in [6, 6.07) is 7.32. The fourth-order valence-corrected chi connectivity index (χ4v) is 2.72. The van der Waals surface area contributed by atoms with Crippen molar-refractivity contribution in [3.63, 3.8) is 0 Å². The molecule has 2 aromatic rings. The highest BCUT2D eigenvalue weighted by Gasteiger charge is 2.15. The van der Waals surface area contributed by atoms with Gasteiger partial charge in [0.2, 0.25) is 5.91 Å². The maximum atomic E-state index is 12.2. The van der Waals surface area contributed by atoms with Crippen LogP contribution < -0.4 is 10.6 Å². The molecule has 3 rings (SSSR count). The first-order valence-electron chi connectivity index (χ1n) is 7.00. The lowest BCUT2D eigenvalue weighted by atomic mass is 10.2. The van der Waals surface area contributed by atoms with Crippen LogP contribution in [0.15, 0.2) is 30.5 Å². The Morgan fingerprint density at radius 2 is 2.14 bits per heavy atom. The number of pyridine rings is 1. The van der Waals surface area contributed by atoms with Gasteiger partial charge in [-0.25, -0.2) is 0 Å². The summed E-state index contributed by atoms with van der Waals surface area (Å²) < 4.78 is 0. The van der Waals surface area contributed by atoms with Crippen molar-refractivity contribution in [2.24, 2.45) is 0 Å². The number of nitrogens with one attached hydrogen (secondary N) is 2. The number of hydrogen-bond acceptors (Lipinski definition) is 4. The molecular formula is C15H17ClN4O. The molecule has 0 bridgehead atoms. The number of carbonyl (C=O) groups excluding carboxylic acids is 1. The second kappa shape index (κ2) is 6.39. The molecule has 1 saturated heterocycles. The van der Waals surface area contributed by atoms with Crippen LogP contribution >= 0.6 is 11.6 Å². The third kappa shape index (κ3) is 3.32. The van der Waals surface area contributed by atoms with Crippen molar-refractivity contribution in [2.45, 2.75) is 0 Å². The molecule has 5 nitrogen and oxygen atoms in total. The highest BCUT2D eigenvalue weighted by molar-refractivity contribution is 6.35. The molecule has 0 spiro atoms. The van der Waals surface area contributed by atoms with Gasteiger partial charge >= 0.3 is 0 Å². The summed E-state index contributed by atoms with van der Waals surface area (Å²) in [5.74, 6) is -0.0221. The van der Waals surface area contributed by atoms with E-state index >= 15 is 0 Å². The van der Waals surface area contributed by atoms with Gasteiger partial charge in [0.25, 0.3) is 0 Å². The van der Waals surface area contributed by atoms with E-state index in [1.54, 1.807) is 18.3 Å². The maximum absolute atomic E-state index is 12.2. The van der Waals surface area contributed by atoms with E-state index in [2.05, 4.69) is 20.5 Å². The minimum absolute atomic E-state index is 0.0221. The number of carbonyl (C=O) groups is 1. The maximum Gasteiger partial charge on any atom is 0.238 e. The first-order chi connectivity index (χ1) is 10.2. The van der Waals surface area contributed by atoms with E-state index in [4.69, 9.17) is 11.6 Å². The Hall–Kier alpha value is -1.69. The molecule has 110 valence electrons. The normalized spacial score (nSPS) is 16.0. The van der Waals surface area contributed by atoms with Crippen LogP contribution in [0.5, 0.6) is 0 Å². The van der Waals surface area contributed by atoms with Crippen LogP contribution in [0.1, 0.15) is 0 Å². The van der Waals surface area contributed by atoms with Crippen molar-refractivity contribution in [1.29, 1.82) is 0 Å². The average molecular weight is 305 g/mol. The van der Waals surface area contributed by atoms with Crippen LogP contribution in [0.4, 0.5) is 5.69 Å². The third-order valence-corrected chi connectivity index (χ3v) is 3.90. The van der Waals surface area contributed by atoms with E-state index in [-0.39, 0.29) is 5.91 Å². The summed E-state index contributed by atoms with van der Waals surface area (Å²) in [7, 11) is 0. The van der Waals surface area contributed by atoms with Crippen molar-refractivity contribution in [3.8, 4) is 0 Å². The number of halogens is 1. The fourth-order valence-electron chi connectivity index (χ4n) is 2.50. The van der Waals surface area contributed by atoms with E-state index < -0.39 is 0 Å². The zero-order valence-corrected chi connectivity index (χ0v) is 12.4. The first-order valence-corrected chi connectivity index (χ1v) is 7.38. The number of aromatic nitrogens is 1. The predicted molar refractivity (Wildman–Crippen MR) is 84.7 cm³/mol. The molecule has 0 atom stereocenters. The molecule has 6 heteroatoms. The van der Waals surface area contributed by atoms with Crippen molar-refractivity contribution in [3.05, 3.63) is 35.5 Å². The quantitative estimate of drug-likeness (QED) is 0.907. The number of rotatable bonds is 3. The summed E-state index contributed by atoms with van der Waals surface area (Å²) in [5.41, 5.74) is 1.42. The summed E-state index contributed by atoms with van der Waals surface area (Å²) in [5, 5.41) is 7.69. The molecule has 1 amide bonds. The third-order valence-electron chi connectivity index (χ3n) is 3.57. The van der Waals surface area contributed by atoms with E-state index in [0.717, 1.165) is 37.1 Å². The first kappa shape index (κ1) is 14.3. The standard InChI is InChI=1S/C15H17ClN4O/c16-12-3-4-13(15-11(12)2-1-5-18-15)19-14(21)10-20-8-6-17-7-9-20/h1-5,17H,6-10H2,(H,19,21). The lowest BCUT2D eigenvalue weighted by Gasteiger charge is -2.26. The lowest BCUT2D eigenvalue weighted by Crippen LogP contribution is -2.46. The molecule has 1 fully saturated rings. The Morgan fingerprint density at radius 1 is 1.33 bits per heavy atom. The van der Waals surface area contributed by atoms with Gasteiger partial charge in [0.1, 0.15) is 0 Å². The van der Waals surface area contributed by atoms with Crippen LogP contribution in [0.25, 0.3) is 10.9 Å². The van der Waals surface area contributed by atoms with Gasteiger partial charge in [-0.3, -0.25) is 14.7 Å². The van der Waals surface area contributed by atoms with E-state index in [9.17, 15) is 4.79 Å². The summed E-state index contributed by atoms with van der Waals surface area (Å²) >= 11 is 6.15. The van der Waals surface area contributed by atoms with Crippen molar-refractivity contribution in [1.82, 2.24) is 15.2 Å². The molecule has 1 aliphatic rings. The summed E-state index contributed by atoms with van der Waals surface area (Å²) in [6.45, 7) is 4.05. The molecule has 0 saturated carbocycles. The molecule has 0 radical (unpaired) electrons. The fraction of sp³-hybridized carbons (Fsp3) is 0.333. The second-order valence-electron chi connectivity index (χ2n) is 5.07. The zero-order chi connectivity index (χ0) is 14.7. The van der Waals surface area contributed by atoms with Gasteiger partial charge in [0.15, 0.2) is 0 Å². The van der Waals surface area contributed by atoms with Gasteiger partial charge in [-0.2, -0.15) is 0 Å². The Balaban J connectivity index is 1.75. The van der Waals surface area contributed by atoms with Crippen LogP contribution in [-0.2, 0) is 4.79 Å². The van der Waals surface area contributed by atoms with Crippen LogP contribution in [0.3, 0.4) is 0 Å². The molecule has 2 N–H and O–H groups in total. The van der Waals surface area contributed by atoms with Crippen molar-refractivity contribution in [2.75, 3.05) is 38.0 Å². The largest absolute Gasteiger partial charge is 0.323 e. The monoisotopic (exact) mass is 304 g/mol. The summed E-state index contributed by atoms with van der Waals surface area (Å²) in [6.07, 6.45) is 1.70. The van der Waals surface area contributed by atoms with Gasteiger partial charge in [-0.05, 0) is 24.3 Å². The Morgan fingerprint density at radius 3 is 2.95 bits per heavy atom. The number of hydrogen-bond donors (Lipinski definition) is 2. The number of nitrogens with zero attached hydrogens (tertiary/aromatic N) is 2. The number of amides is 1. The molecular weight excluding hydrogens is 288 g/mol. The van der Waals surface area contributed by atoms with Crippen molar-refractivity contribution < 1.29 is 4.79 Å². The summed E-state index contributed by atoms with van der Waals surface area (Å²) in [4.78, 5) is 18.6. The molecule has 21 heavy (non-hydrogen) atoms. The minimum Gasteiger partial charge on any atom is -0.323 e. The van der Waals surface area contributed by atoms with Crippen LogP contribution in [-0.4, -0.2) is 48.5 Å². The minimum atomic E-state index is -0.0221. The molecule has 1 aliphatic heterocycles. The van der Waals surface area contributed by atoms with E-state index in [1.165, 1.54) is 0 Å². The van der Waals surface area contributed by atoms with Crippen molar-refractivity contribution >= 4 is 34.1 Å². The van der Waals surface area contributed by atoms with E-state index in [1.807, 2.05) is 12.1 Å². The highest BCUT2D eigenvalue weighted by atomic mass is 35.5. The second-order valence-corrected chi connectivity index (χ2v) is 5.48. The molecule has 1 aromatic carbocycles. The Kier molecular flexibility index (Phi) is 4.34. The highest BCUT2D eigenvalue weighted by Crippen LogP contribution is 2.27. The van der Waals surface area contributed by atoms with Gasteiger partial charge in [-0.1, -0.05) is 11.6 Å². The number of fused-ring (bicyclic) bond motifs is 1. The number of benzene rings is 1. The average Bonchev–Trinajstić information content (AvgIpc) is 2.51. The van der Waals surface area contributed by atoms with E-state index in [0.29, 0.717) is 17.3 Å². The van der Waals surface area contributed by atoms with Crippen LogP contribution in [0, 0.1) is 0 Å². The zero-order valence-electron chi connectivity index (χ0n) is 11.6. The smallest absolute Gasteiger partial charge is 0.238 e. The molecule has 0 aliphatic carbocycles. The van der Waals surface area contributed by atoms with Gasteiger partial charge in [0.05, 0.1) is 22.8 Å². The number of piperazine rings is 1. The van der Waals surface area contributed by atoms with Gasteiger partial charge < -0.3 is 10.6 Å². The Bertz CT molecular complexity index is 655. The Labute approximate surface area is 128 Å². The molecule has 0 unspecified atom stereocenters. The van der Waals surface area contributed by atoms with Crippen LogP contribution in [0.2, 0.25) is 5.02 Å². The molecule has 1 aromatic heterocycles. The lowest BCUT2D eigenvalue weighted by molar-refractivity contribution is -0.117. The van der Waals surface area contributed by atoms with Gasteiger partial charge in [0, 0.05) is 37.8 Å².